The highest BCUT2D eigenvalue weighted by Gasteiger charge is 2.19. The number of ether oxygens (including phenoxy) is 1. The van der Waals surface area contributed by atoms with Gasteiger partial charge in [-0.25, -0.2) is 0 Å². The molecule has 4 rings (SSSR count). The van der Waals surface area contributed by atoms with Crippen molar-refractivity contribution >= 4 is 22.6 Å². The SMILES string of the molecule is CCOC(=O)CCc1ccccc1-c1ccc(-c2cc(C(=O)N(C)C)c(O)c3ccccc23)nc1. The lowest BCUT2D eigenvalue weighted by atomic mass is 9.95. The molecule has 0 atom stereocenters. The number of aryl methyl sites for hydroxylation is 1. The van der Waals surface area contributed by atoms with Gasteiger partial charge in [0.25, 0.3) is 5.91 Å². The normalized spacial score (nSPS) is 10.8. The molecule has 1 N–H and O–H groups in total. The van der Waals surface area contributed by atoms with Crippen molar-refractivity contribution in [2.24, 2.45) is 0 Å². The zero-order valence-electron chi connectivity index (χ0n) is 20.1. The second-order valence-corrected chi connectivity index (χ2v) is 8.46. The standard InChI is InChI=1S/C29H28N2O4/c1-4-35-27(32)16-14-19-9-5-6-10-21(19)20-13-15-26(30-18-20)24-17-25(29(34)31(2)3)28(33)23-12-8-7-11-22(23)24/h5-13,15,17-18,33H,4,14,16H2,1-3H3. The van der Waals surface area contributed by atoms with Crippen molar-refractivity contribution in [1.29, 1.82) is 0 Å². The topological polar surface area (TPSA) is 79.7 Å². The molecule has 0 bridgehead atoms. The Bertz CT molecular complexity index is 1380. The summed E-state index contributed by atoms with van der Waals surface area (Å²) in [6.45, 7) is 2.18. The molecule has 6 heteroatoms. The quantitative estimate of drug-likeness (QED) is 0.364. The monoisotopic (exact) mass is 468 g/mol. The third-order valence-electron chi connectivity index (χ3n) is 5.92. The number of phenols is 1. The fourth-order valence-electron chi connectivity index (χ4n) is 4.18. The molecule has 1 aromatic heterocycles. The van der Waals surface area contributed by atoms with Crippen LogP contribution in [-0.4, -0.2) is 47.6 Å². The molecule has 3 aromatic carbocycles. The Hall–Kier alpha value is -4.19. The zero-order chi connectivity index (χ0) is 24.9. The molecule has 178 valence electrons. The maximum atomic E-state index is 12.7. The highest BCUT2D eigenvalue weighted by Crippen LogP contribution is 2.37. The lowest BCUT2D eigenvalue weighted by Crippen LogP contribution is -2.21. The van der Waals surface area contributed by atoms with Gasteiger partial charge in [-0.3, -0.25) is 14.6 Å². The van der Waals surface area contributed by atoms with Crippen molar-refractivity contribution in [3.05, 3.63) is 84.1 Å². The van der Waals surface area contributed by atoms with Crippen LogP contribution < -0.4 is 0 Å². The number of fused-ring (bicyclic) bond motifs is 1. The summed E-state index contributed by atoms with van der Waals surface area (Å²) < 4.78 is 5.06. The first-order chi connectivity index (χ1) is 16.9. The average molecular weight is 469 g/mol. The molecular weight excluding hydrogens is 440 g/mol. The van der Waals surface area contributed by atoms with Crippen molar-refractivity contribution in [1.82, 2.24) is 9.88 Å². The van der Waals surface area contributed by atoms with Crippen LogP contribution in [0.4, 0.5) is 0 Å². The predicted molar refractivity (Wildman–Crippen MR) is 137 cm³/mol. The fourth-order valence-corrected chi connectivity index (χ4v) is 4.18. The number of amides is 1. The lowest BCUT2D eigenvalue weighted by molar-refractivity contribution is -0.143. The van der Waals surface area contributed by atoms with E-state index in [2.05, 4.69) is 0 Å². The first-order valence-electron chi connectivity index (χ1n) is 11.6. The number of esters is 1. The molecule has 0 aliphatic rings. The Morgan fingerprint density at radius 2 is 1.66 bits per heavy atom. The summed E-state index contributed by atoms with van der Waals surface area (Å²) in [5.74, 6) is -0.519. The van der Waals surface area contributed by atoms with Gasteiger partial charge in [0.1, 0.15) is 5.75 Å². The number of benzene rings is 3. The number of carbonyl (C=O) groups is 2. The maximum Gasteiger partial charge on any atom is 0.306 e. The number of hydrogen-bond acceptors (Lipinski definition) is 5. The van der Waals surface area contributed by atoms with E-state index in [1.54, 1.807) is 39.3 Å². The molecule has 0 aliphatic heterocycles. The van der Waals surface area contributed by atoms with E-state index in [0.717, 1.165) is 27.6 Å². The molecule has 0 fully saturated rings. The molecule has 0 saturated heterocycles. The van der Waals surface area contributed by atoms with Crippen LogP contribution in [0.15, 0.2) is 72.9 Å². The first-order valence-corrected chi connectivity index (χ1v) is 11.6. The molecular formula is C29H28N2O4. The van der Waals surface area contributed by atoms with E-state index in [0.29, 0.717) is 30.5 Å². The Balaban J connectivity index is 1.73. The minimum atomic E-state index is -0.276. The molecule has 35 heavy (non-hydrogen) atoms. The highest BCUT2D eigenvalue weighted by molar-refractivity contribution is 6.08. The summed E-state index contributed by atoms with van der Waals surface area (Å²) in [4.78, 5) is 30.7. The third-order valence-corrected chi connectivity index (χ3v) is 5.92. The smallest absolute Gasteiger partial charge is 0.306 e. The van der Waals surface area contributed by atoms with Crippen molar-refractivity contribution in [3.8, 4) is 28.1 Å². The predicted octanol–water partition coefficient (Wildman–Crippen LogP) is 5.47. The summed E-state index contributed by atoms with van der Waals surface area (Å²) in [7, 11) is 3.31. The average Bonchev–Trinajstić information content (AvgIpc) is 2.88. The number of carbonyl (C=O) groups excluding carboxylic acids is 2. The van der Waals surface area contributed by atoms with Gasteiger partial charge in [-0.1, -0.05) is 54.6 Å². The minimum absolute atomic E-state index is 0.0322. The van der Waals surface area contributed by atoms with Crippen LogP contribution in [0.1, 0.15) is 29.3 Å². The van der Waals surface area contributed by atoms with Gasteiger partial charge in [0.15, 0.2) is 0 Å². The van der Waals surface area contributed by atoms with Gasteiger partial charge < -0.3 is 14.7 Å². The van der Waals surface area contributed by atoms with Gasteiger partial charge in [0, 0.05) is 43.2 Å². The van der Waals surface area contributed by atoms with E-state index in [9.17, 15) is 14.7 Å². The van der Waals surface area contributed by atoms with Crippen LogP contribution in [0.3, 0.4) is 0 Å². The second-order valence-electron chi connectivity index (χ2n) is 8.46. The van der Waals surface area contributed by atoms with Crippen LogP contribution >= 0.6 is 0 Å². The summed E-state index contributed by atoms with van der Waals surface area (Å²) in [6.07, 6.45) is 2.70. The lowest BCUT2D eigenvalue weighted by Gasteiger charge is -2.16. The van der Waals surface area contributed by atoms with Crippen molar-refractivity contribution in [3.63, 3.8) is 0 Å². The van der Waals surface area contributed by atoms with Gasteiger partial charge in [-0.2, -0.15) is 0 Å². The van der Waals surface area contributed by atoms with Gasteiger partial charge in [-0.15, -0.1) is 0 Å². The van der Waals surface area contributed by atoms with Gasteiger partial charge >= 0.3 is 5.97 Å². The summed E-state index contributed by atoms with van der Waals surface area (Å²) >= 11 is 0. The fraction of sp³-hybridized carbons (Fsp3) is 0.207. The molecule has 0 spiro atoms. The summed E-state index contributed by atoms with van der Waals surface area (Å²) in [5.41, 5.74) is 4.69. The molecule has 6 nitrogen and oxygen atoms in total. The number of hydrogen-bond donors (Lipinski definition) is 1. The molecule has 4 aromatic rings. The molecule has 1 amide bonds. The Morgan fingerprint density at radius 3 is 2.34 bits per heavy atom. The molecule has 0 saturated carbocycles. The Morgan fingerprint density at radius 1 is 0.943 bits per heavy atom. The molecule has 0 radical (unpaired) electrons. The van der Waals surface area contributed by atoms with E-state index in [1.807, 2.05) is 54.6 Å². The van der Waals surface area contributed by atoms with E-state index >= 15 is 0 Å². The van der Waals surface area contributed by atoms with Crippen LogP contribution in [-0.2, 0) is 16.0 Å². The first kappa shape index (κ1) is 24.0. The highest BCUT2D eigenvalue weighted by atomic mass is 16.5. The van der Waals surface area contributed by atoms with Crippen molar-refractivity contribution in [2.75, 3.05) is 20.7 Å². The number of phenolic OH excluding ortho intramolecular Hbond substituents is 1. The van der Waals surface area contributed by atoms with Crippen LogP contribution in [0.25, 0.3) is 33.2 Å². The van der Waals surface area contributed by atoms with E-state index in [4.69, 9.17) is 9.72 Å². The van der Waals surface area contributed by atoms with E-state index in [1.165, 1.54) is 4.90 Å². The van der Waals surface area contributed by atoms with Crippen molar-refractivity contribution in [2.45, 2.75) is 19.8 Å². The zero-order valence-corrected chi connectivity index (χ0v) is 20.1. The number of aromatic nitrogens is 1. The summed E-state index contributed by atoms with van der Waals surface area (Å²) in [6, 6.07) is 21.0. The largest absolute Gasteiger partial charge is 0.506 e. The third kappa shape index (κ3) is 5.01. The van der Waals surface area contributed by atoms with Crippen LogP contribution in [0.2, 0.25) is 0 Å². The Labute approximate surface area is 204 Å². The van der Waals surface area contributed by atoms with Gasteiger partial charge in [-0.05, 0) is 42.0 Å². The number of rotatable bonds is 7. The molecule has 1 heterocycles. The number of pyridine rings is 1. The second kappa shape index (κ2) is 10.4. The molecule has 0 unspecified atom stereocenters. The maximum absolute atomic E-state index is 12.7. The number of aromatic hydroxyl groups is 1. The Kier molecular flexibility index (Phi) is 7.11. The minimum Gasteiger partial charge on any atom is -0.506 e. The van der Waals surface area contributed by atoms with Gasteiger partial charge in [0.2, 0.25) is 0 Å². The summed E-state index contributed by atoms with van der Waals surface area (Å²) in [5, 5.41) is 12.2. The van der Waals surface area contributed by atoms with Crippen LogP contribution in [0.5, 0.6) is 5.75 Å². The van der Waals surface area contributed by atoms with Crippen LogP contribution in [0, 0.1) is 0 Å². The van der Waals surface area contributed by atoms with E-state index in [-0.39, 0.29) is 23.2 Å². The molecule has 0 aliphatic carbocycles. The van der Waals surface area contributed by atoms with Crippen molar-refractivity contribution < 1.29 is 19.4 Å². The number of nitrogens with zero attached hydrogens (tertiary/aromatic N) is 2. The van der Waals surface area contributed by atoms with E-state index < -0.39 is 0 Å². The van der Waals surface area contributed by atoms with Gasteiger partial charge in [0.05, 0.1) is 17.9 Å².